The summed E-state index contributed by atoms with van der Waals surface area (Å²) in [7, 11) is 2.16. The van der Waals surface area contributed by atoms with Gasteiger partial charge in [-0.25, -0.2) is 0 Å². The standard InChI is InChI=1S/C24H37NO2/c1-23(2,3)21-12-14-22(15-13-21)27-24(4,5)19-26-17-16-25(6)18-20-10-8-7-9-11-20/h7-10,12-15,20H,11,16-19H2,1-6H3. The Morgan fingerprint density at radius 3 is 2.33 bits per heavy atom. The molecule has 27 heavy (non-hydrogen) atoms. The van der Waals surface area contributed by atoms with Crippen molar-refractivity contribution in [1.29, 1.82) is 0 Å². The van der Waals surface area contributed by atoms with E-state index in [4.69, 9.17) is 9.47 Å². The minimum Gasteiger partial charge on any atom is -0.485 e. The van der Waals surface area contributed by atoms with Crippen molar-refractivity contribution in [1.82, 2.24) is 4.90 Å². The number of rotatable bonds is 9. The third kappa shape index (κ3) is 7.90. The highest BCUT2D eigenvalue weighted by atomic mass is 16.5. The molecule has 0 bridgehead atoms. The molecule has 0 spiro atoms. The number of hydrogen-bond donors (Lipinski definition) is 0. The fraction of sp³-hybridized carbons (Fsp3) is 0.583. The topological polar surface area (TPSA) is 21.7 Å². The van der Waals surface area contributed by atoms with E-state index in [1.165, 1.54) is 5.56 Å². The highest BCUT2D eigenvalue weighted by Crippen LogP contribution is 2.26. The summed E-state index contributed by atoms with van der Waals surface area (Å²) in [4.78, 5) is 2.34. The predicted octanol–water partition coefficient (Wildman–Crippen LogP) is 5.22. The molecule has 1 aromatic carbocycles. The van der Waals surface area contributed by atoms with Crippen LogP contribution in [0.5, 0.6) is 5.75 Å². The van der Waals surface area contributed by atoms with Gasteiger partial charge in [0.15, 0.2) is 0 Å². The molecule has 0 aliphatic heterocycles. The van der Waals surface area contributed by atoms with Crippen LogP contribution in [0.3, 0.4) is 0 Å². The van der Waals surface area contributed by atoms with Crippen molar-refractivity contribution < 1.29 is 9.47 Å². The molecule has 0 amide bonds. The third-order valence-electron chi connectivity index (χ3n) is 4.80. The number of allylic oxidation sites excluding steroid dienone is 3. The van der Waals surface area contributed by atoms with Gasteiger partial charge in [0.2, 0.25) is 0 Å². The first kappa shape index (κ1) is 21.7. The fourth-order valence-electron chi connectivity index (χ4n) is 3.17. The van der Waals surface area contributed by atoms with Crippen LogP contribution in [-0.4, -0.2) is 43.9 Å². The van der Waals surface area contributed by atoms with E-state index in [0.717, 1.165) is 31.9 Å². The lowest BCUT2D eigenvalue weighted by molar-refractivity contribution is -0.00823. The molecule has 2 rings (SSSR count). The Bertz CT molecular complexity index is 623. The molecule has 0 saturated heterocycles. The Morgan fingerprint density at radius 2 is 1.74 bits per heavy atom. The van der Waals surface area contributed by atoms with Gasteiger partial charge in [-0.15, -0.1) is 0 Å². The highest BCUT2D eigenvalue weighted by molar-refractivity contribution is 5.31. The van der Waals surface area contributed by atoms with E-state index in [0.29, 0.717) is 12.5 Å². The summed E-state index contributed by atoms with van der Waals surface area (Å²) in [5, 5.41) is 0. The molecule has 3 nitrogen and oxygen atoms in total. The summed E-state index contributed by atoms with van der Waals surface area (Å²) in [5.74, 6) is 1.52. The summed E-state index contributed by atoms with van der Waals surface area (Å²) < 4.78 is 12.1. The Morgan fingerprint density at radius 1 is 1.04 bits per heavy atom. The first-order valence-electron chi connectivity index (χ1n) is 10.0. The number of likely N-dealkylation sites (N-methyl/N-ethyl adjacent to an activating group) is 1. The molecule has 0 radical (unpaired) electrons. The summed E-state index contributed by atoms with van der Waals surface area (Å²) in [5.41, 5.74) is 1.13. The highest BCUT2D eigenvalue weighted by Gasteiger charge is 2.21. The normalized spacial score (nSPS) is 17.5. The van der Waals surface area contributed by atoms with Crippen molar-refractivity contribution in [3.8, 4) is 5.75 Å². The van der Waals surface area contributed by atoms with Gasteiger partial charge < -0.3 is 14.4 Å². The first-order valence-corrected chi connectivity index (χ1v) is 10.0. The molecular formula is C24H37NO2. The van der Waals surface area contributed by atoms with Crippen LogP contribution >= 0.6 is 0 Å². The van der Waals surface area contributed by atoms with Crippen molar-refractivity contribution in [2.24, 2.45) is 5.92 Å². The van der Waals surface area contributed by atoms with Gasteiger partial charge in [-0.1, -0.05) is 57.2 Å². The zero-order chi connectivity index (χ0) is 19.9. The largest absolute Gasteiger partial charge is 0.485 e. The Hall–Kier alpha value is -1.58. The van der Waals surface area contributed by atoms with E-state index in [1.807, 2.05) is 0 Å². The van der Waals surface area contributed by atoms with E-state index in [9.17, 15) is 0 Å². The van der Waals surface area contributed by atoms with Crippen LogP contribution in [0.2, 0.25) is 0 Å². The summed E-state index contributed by atoms with van der Waals surface area (Å²) in [6.45, 7) is 14.1. The van der Waals surface area contributed by atoms with Gasteiger partial charge in [-0.3, -0.25) is 0 Å². The second-order valence-electron chi connectivity index (χ2n) is 9.26. The van der Waals surface area contributed by atoms with E-state index in [2.05, 4.69) is 95.1 Å². The molecule has 0 saturated carbocycles. The van der Waals surface area contributed by atoms with Crippen LogP contribution in [-0.2, 0) is 10.2 Å². The second kappa shape index (κ2) is 9.57. The minimum absolute atomic E-state index is 0.160. The maximum absolute atomic E-state index is 6.14. The molecule has 3 heteroatoms. The Kier molecular flexibility index (Phi) is 7.69. The molecular weight excluding hydrogens is 334 g/mol. The molecule has 1 aromatic rings. The summed E-state index contributed by atoms with van der Waals surface area (Å²) >= 11 is 0. The smallest absolute Gasteiger partial charge is 0.127 e. The zero-order valence-corrected chi connectivity index (χ0v) is 18.0. The van der Waals surface area contributed by atoms with Crippen LogP contribution in [0.25, 0.3) is 0 Å². The number of benzene rings is 1. The minimum atomic E-state index is -0.348. The number of ether oxygens (including phenoxy) is 2. The molecule has 1 unspecified atom stereocenters. The monoisotopic (exact) mass is 371 g/mol. The SMILES string of the molecule is CN(CCOCC(C)(C)Oc1ccc(C(C)(C)C)cc1)CC1C=CC=CC1. The molecule has 1 aliphatic carbocycles. The van der Waals surface area contributed by atoms with Gasteiger partial charge in [0.1, 0.15) is 11.4 Å². The predicted molar refractivity (Wildman–Crippen MR) is 115 cm³/mol. The van der Waals surface area contributed by atoms with E-state index in [-0.39, 0.29) is 11.0 Å². The lowest BCUT2D eigenvalue weighted by atomic mass is 9.87. The average Bonchev–Trinajstić information content (AvgIpc) is 2.59. The molecule has 1 aliphatic rings. The lowest BCUT2D eigenvalue weighted by Crippen LogP contribution is -2.36. The molecule has 0 aromatic heterocycles. The molecule has 150 valence electrons. The van der Waals surface area contributed by atoms with Gasteiger partial charge in [-0.05, 0) is 56.3 Å². The van der Waals surface area contributed by atoms with Crippen molar-refractivity contribution >= 4 is 0 Å². The van der Waals surface area contributed by atoms with Crippen LogP contribution in [0.15, 0.2) is 48.6 Å². The Labute approximate surface area is 166 Å². The molecule has 0 N–H and O–H groups in total. The van der Waals surface area contributed by atoms with Crippen LogP contribution in [0.1, 0.15) is 46.6 Å². The van der Waals surface area contributed by atoms with Gasteiger partial charge in [0.05, 0.1) is 13.2 Å². The van der Waals surface area contributed by atoms with Gasteiger partial charge in [0.25, 0.3) is 0 Å². The lowest BCUT2D eigenvalue weighted by Gasteiger charge is -2.28. The van der Waals surface area contributed by atoms with Gasteiger partial charge in [-0.2, -0.15) is 0 Å². The molecule has 0 heterocycles. The van der Waals surface area contributed by atoms with Crippen molar-refractivity contribution in [2.45, 2.75) is 52.1 Å². The zero-order valence-electron chi connectivity index (χ0n) is 18.0. The summed E-state index contributed by atoms with van der Waals surface area (Å²) in [6, 6.07) is 8.41. The number of hydrogen-bond acceptors (Lipinski definition) is 3. The molecule has 1 atom stereocenters. The maximum atomic E-state index is 6.14. The van der Waals surface area contributed by atoms with Crippen molar-refractivity contribution in [2.75, 3.05) is 33.4 Å². The fourth-order valence-corrected chi connectivity index (χ4v) is 3.17. The average molecular weight is 372 g/mol. The quantitative estimate of drug-likeness (QED) is 0.555. The van der Waals surface area contributed by atoms with Crippen LogP contribution in [0, 0.1) is 5.92 Å². The Balaban J connectivity index is 1.69. The van der Waals surface area contributed by atoms with Gasteiger partial charge >= 0.3 is 0 Å². The van der Waals surface area contributed by atoms with Crippen LogP contribution in [0.4, 0.5) is 0 Å². The van der Waals surface area contributed by atoms with E-state index in [1.54, 1.807) is 0 Å². The van der Waals surface area contributed by atoms with Crippen molar-refractivity contribution in [3.63, 3.8) is 0 Å². The first-order chi connectivity index (χ1) is 12.7. The second-order valence-corrected chi connectivity index (χ2v) is 9.26. The van der Waals surface area contributed by atoms with Crippen LogP contribution < -0.4 is 4.74 Å². The van der Waals surface area contributed by atoms with E-state index >= 15 is 0 Å². The van der Waals surface area contributed by atoms with Gasteiger partial charge in [0, 0.05) is 13.1 Å². The third-order valence-corrected chi connectivity index (χ3v) is 4.80. The van der Waals surface area contributed by atoms with Crippen molar-refractivity contribution in [3.05, 3.63) is 54.1 Å². The summed E-state index contributed by atoms with van der Waals surface area (Å²) in [6.07, 6.45) is 9.93. The molecule has 0 fully saturated rings. The van der Waals surface area contributed by atoms with E-state index < -0.39 is 0 Å². The maximum Gasteiger partial charge on any atom is 0.127 e. The number of nitrogens with zero attached hydrogens (tertiary/aromatic N) is 1.